The predicted octanol–water partition coefficient (Wildman–Crippen LogP) is 4.47. The summed E-state index contributed by atoms with van der Waals surface area (Å²) in [5.74, 6) is 0.205. The lowest BCUT2D eigenvalue weighted by Crippen LogP contribution is -2.42. The van der Waals surface area contributed by atoms with Gasteiger partial charge < -0.3 is 10.1 Å². The van der Waals surface area contributed by atoms with E-state index in [0.29, 0.717) is 17.9 Å². The van der Waals surface area contributed by atoms with Crippen LogP contribution in [-0.4, -0.2) is 19.6 Å². The molecule has 1 aliphatic carbocycles. The Morgan fingerprint density at radius 1 is 1.08 bits per heavy atom. The molecule has 0 bridgehead atoms. The van der Waals surface area contributed by atoms with E-state index >= 15 is 0 Å². The number of hydrogen-bond acceptors (Lipinski definition) is 2. The van der Waals surface area contributed by atoms with Crippen LogP contribution >= 0.6 is 0 Å². The summed E-state index contributed by atoms with van der Waals surface area (Å²) in [7, 11) is 1.56. The van der Waals surface area contributed by atoms with Gasteiger partial charge in [0.05, 0.1) is 12.7 Å². The zero-order valence-electron chi connectivity index (χ0n) is 14.6. The maximum absolute atomic E-state index is 13.3. The number of benzene rings is 2. The van der Waals surface area contributed by atoms with E-state index in [2.05, 4.69) is 5.32 Å². The van der Waals surface area contributed by atoms with Crippen molar-refractivity contribution in [1.29, 1.82) is 0 Å². The topological polar surface area (TPSA) is 38.3 Å². The van der Waals surface area contributed by atoms with Gasteiger partial charge in [0.25, 0.3) is 5.91 Å². The maximum Gasteiger partial charge on any atom is 0.255 e. The number of ether oxygens (including phenoxy) is 1. The van der Waals surface area contributed by atoms with Crippen LogP contribution in [0.5, 0.6) is 5.75 Å². The molecule has 0 aromatic heterocycles. The highest BCUT2D eigenvalue weighted by atomic mass is 19.1. The monoisotopic (exact) mass is 341 g/mol. The molecule has 3 rings (SSSR count). The number of hydrogen-bond donors (Lipinski definition) is 1. The van der Waals surface area contributed by atoms with Gasteiger partial charge in [-0.3, -0.25) is 4.79 Å². The normalized spacial score (nSPS) is 16.2. The lowest BCUT2D eigenvalue weighted by Gasteiger charge is -2.38. The average Bonchev–Trinajstić information content (AvgIpc) is 2.67. The number of rotatable bonds is 5. The van der Waals surface area contributed by atoms with E-state index in [-0.39, 0.29) is 17.1 Å². The van der Waals surface area contributed by atoms with Crippen LogP contribution in [0, 0.1) is 5.82 Å². The minimum atomic E-state index is -0.229. The van der Waals surface area contributed by atoms with Crippen LogP contribution in [0.1, 0.15) is 48.0 Å². The van der Waals surface area contributed by atoms with Crippen LogP contribution in [0.3, 0.4) is 0 Å². The summed E-state index contributed by atoms with van der Waals surface area (Å²) >= 11 is 0. The third kappa shape index (κ3) is 3.84. The molecule has 1 N–H and O–H groups in total. The quantitative estimate of drug-likeness (QED) is 0.871. The molecule has 0 radical (unpaired) electrons. The van der Waals surface area contributed by atoms with Gasteiger partial charge >= 0.3 is 0 Å². The zero-order valence-corrected chi connectivity index (χ0v) is 14.6. The zero-order chi connectivity index (χ0) is 17.7. The van der Waals surface area contributed by atoms with Crippen LogP contribution in [-0.2, 0) is 5.41 Å². The Balaban J connectivity index is 1.79. The molecule has 0 unspecified atom stereocenters. The largest absolute Gasteiger partial charge is 0.496 e. The molecule has 132 valence electrons. The summed E-state index contributed by atoms with van der Waals surface area (Å²) in [4.78, 5) is 12.6. The van der Waals surface area contributed by atoms with Crippen LogP contribution < -0.4 is 10.1 Å². The van der Waals surface area contributed by atoms with E-state index in [1.54, 1.807) is 19.2 Å². The fourth-order valence-corrected chi connectivity index (χ4v) is 3.78. The van der Waals surface area contributed by atoms with Gasteiger partial charge in [0, 0.05) is 12.0 Å². The van der Waals surface area contributed by atoms with Gasteiger partial charge in [0.2, 0.25) is 0 Å². The Kier molecular flexibility index (Phi) is 5.37. The molecule has 0 spiro atoms. The maximum atomic E-state index is 13.3. The molecule has 2 aromatic carbocycles. The van der Waals surface area contributed by atoms with Crippen molar-refractivity contribution in [1.82, 2.24) is 5.32 Å². The Bertz CT molecular complexity index is 721. The molecule has 0 atom stereocenters. The smallest absolute Gasteiger partial charge is 0.255 e. The second-order valence-electron chi connectivity index (χ2n) is 6.73. The summed E-state index contributed by atoms with van der Waals surface area (Å²) < 4.78 is 18.6. The summed E-state index contributed by atoms with van der Waals surface area (Å²) in [6.07, 6.45) is 5.48. The molecule has 0 heterocycles. The third-order valence-corrected chi connectivity index (χ3v) is 5.21. The second kappa shape index (κ2) is 7.68. The summed E-state index contributed by atoms with van der Waals surface area (Å²) in [5.41, 5.74) is 1.52. The molecular weight excluding hydrogens is 317 g/mol. The Morgan fingerprint density at radius 3 is 2.44 bits per heavy atom. The molecule has 1 fully saturated rings. The van der Waals surface area contributed by atoms with Crippen LogP contribution in [0.15, 0.2) is 48.5 Å². The van der Waals surface area contributed by atoms with E-state index in [9.17, 15) is 9.18 Å². The lowest BCUT2D eigenvalue weighted by molar-refractivity contribution is 0.0933. The highest BCUT2D eigenvalue weighted by Crippen LogP contribution is 2.39. The van der Waals surface area contributed by atoms with Gasteiger partial charge in [-0.1, -0.05) is 43.5 Å². The second-order valence-corrected chi connectivity index (χ2v) is 6.73. The van der Waals surface area contributed by atoms with Crippen LogP contribution in [0.4, 0.5) is 4.39 Å². The molecule has 1 saturated carbocycles. The van der Waals surface area contributed by atoms with Crippen molar-refractivity contribution in [2.45, 2.75) is 37.5 Å². The number of methoxy groups -OCH3 is 1. The van der Waals surface area contributed by atoms with E-state index < -0.39 is 0 Å². The molecule has 0 aliphatic heterocycles. The van der Waals surface area contributed by atoms with Gasteiger partial charge in [0.1, 0.15) is 11.6 Å². The average molecular weight is 341 g/mol. The van der Waals surface area contributed by atoms with Gasteiger partial charge in [0.15, 0.2) is 0 Å². The number of nitrogens with one attached hydrogen (secondary N) is 1. The number of carbonyl (C=O) groups is 1. The number of para-hydroxylation sites is 1. The molecule has 0 saturated heterocycles. The van der Waals surface area contributed by atoms with Crippen molar-refractivity contribution in [2.24, 2.45) is 0 Å². The SMILES string of the molecule is COc1ccccc1C(=O)NCC1(c2ccc(F)cc2)CCCCC1. The van der Waals surface area contributed by atoms with Gasteiger partial charge in [-0.25, -0.2) is 4.39 Å². The summed E-state index contributed by atoms with van der Waals surface area (Å²) in [5, 5.41) is 3.08. The van der Waals surface area contributed by atoms with E-state index in [1.165, 1.54) is 18.6 Å². The fourth-order valence-electron chi connectivity index (χ4n) is 3.78. The molecule has 1 amide bonds. The van der Waals surface area contributed by atoms with Gasteiger partial charge in [-0.15, -0.1) is 0 Å². The van der Waals surface area contributed by atoms with E-state index in [4.69, 9.17) is 4.74 Å². The highest BCUT2D eigenvalue weighted by Gasteiger charge is 2.34. The minimum Gasteiger partial charge on any atom is -0.496 e. The van der Waals surface area contributed by atoms with Crippen molar-refractivity contribution in [3.05, 3.63) is 65.5 Å². The van der Waals surface area contributed by atoms with Crippen molar-refractivity contribution < 1.29 is 13.9 Å². The van der Waals surface area contributed by atoms with Crippen molar-refractivity contribution in [3.63, 3.8) is 0 Å². The Hall–Kier alpha value is -2.36. The lowest BCUT2D eigenvalue weighted by atomic mass is 9.69. The van der Waals surface area contributed by atoms with Crippen molar-refractivity contribution in [3.8, 4) is 5.75 Å². The summed E-state index contributed by atoms with van der Waals surface area (Å²) in [6, 6.07) is 13.9. The molecule has 4 heteroatoms. The standard InChI is InChI=1S/C21H24FNO2/c1-25-19-8-4-3-7-18(19)20(24)23-15-21(13-5-2-6-14-21)16-9-11-17(22)12-10-16/h3-4,7-12H,2,5-6,13-15H2,1H3,(H,23,24). The number of amides is 1. The highest BCUT2D eigenvalue weighted by molar-refractivity contribution is 5.96. The fraction of sp³-hybridized carbons (Fsp3) is 0.381. The van der Waals surface area contributed by atoms with Crippen molar-refractivity contribution in [2.75, 3.05) is 13.7 Å². The van der Waals surface area contributed by atoms with E-state index in [1.807, 2.05) is 24.3 Å². The summed E-state index contributed by atoms with van der Waals surface area (Å²) in [6.45, 7) is 0.551. The molecular formula is C21H24FNO2. The molecule has 1 aliphatic rings. The minimum absolute atomic E-state index is 0.121. The number of halogens is 1. The van der Waals surface area contributed by atoms with Gasteiger partial charge in [-0.05, 0) is 42.7 Å². The predicted molar refractivity (Wildman–Crippen MR) is 96.5 cm³/mol. The van der Waals surface area contributed by atoms with Crippen LogP contribution in [0.2, 0.25) is 0 Å². The third-order valence-electron chi connectivity index (χ3n) is 5.21. The van der Waals surface area contributed by atoms with E-state index in [0.717, 1.165) is 31.2 Å². The first-order valence-corrected chi connectivity index (χ1v) is 8.82. The first kappa shape index (κ1) is 17.5. The molecule has 25 heavy (non-hydrogen) atoms. The first-order valence-electron chi connectivity index (χ1n) is 8.82. The van der Waals surface area contributed by atoms with Crippen LogP contribution in [0.25, 0.3) is 0 Å². The van der Waals surface area contributed by atoms with Crippen molar-refractivity contribution >= 4 is 5.91 Å². The van der Waals surface area contributed by atoms with Gasteiger partial charge in [-0.2, -0.15) is 0 Å². The number of carbonyl (C=O) groups excluding carboxylic acids is 1. The molecule has 3 nitrogen and oxygen atoms in total. The Labute approximate surface area is 148 Å². The Morgan fingerprint density at radius 2 is 1.76 bits per heavy atom. The molecule has 2 aromatic rings. The first-order chi connectivity index (χ1) is 12.1.